The smallest absolute Gasteiger partial charge is 0.291 e. The Hall–Kier alpha value is -1.93. The van der Waals surface area contributed by atoms with Crippen LogP contribution in [-0.2, 0) is 6.42 Å². The summed E-state index contributed by atoms with van der Waals surface area (Å²) in [6, 6.07) is 14.3. The first kappa shape index (κ1) is 21.3. The number of nitrogens with zero attached hydrogens (tertiary/aromatic N) is 2. The minimum Gasteiger partial charge on any atom is -0.459 e. The number of hydrogen-bond donors (Lipinski definition) is 1. The highest BCUT2D eigenvalue weighted by Gasteiger charge is 2.29. The summed E-state index contributed by atoms with van der Waals surface area (Å²) in [4.78, 5) is 18.9. The molecule has 1 atom stereocenters. The molecule has 158 valence electrons. The molecule has 3 heterocycles. The molecule has 0 aliphatic carbocycles. The maximum absolute atomic E-state index is 12.7. The first-order chi connectivity index (χ1) is 14.5. The number of thiophene rings is 1. The van der Waals surface area contributed by atoms with E-state index in [9.17, 15) is 4.79 Å². The Bertz CT molecular complexity index is 977. The van der Waals surface area contributed by atoms with E-state index in [0.29, 0.717) is 5.76 Å². The van der Waals surface area contributed by atoms with Gasteiger partial charge in [-0.1, -0.05) is 35.0 Å². The van der Waals surface area contributed by atoms with Crippen LogP contribution in [0.2, 0.25) is 0 Å². The second-order valence-corrected chi connectivity index (χ2v) is 9.63. The van der Waals surface area contributed by atoms with E-state index >= 15 is 0 Å². The van der Waals surface area contributed by atoms with E-state index in [0.717, 1.165) is 47.6 Å². The number of furan rings is 1. The molecular weight excluding hydrogens is 462 g/mol. The van der Waals surface area contributed by atoms with Crippen molar-refractivity contribution >= 4 is 38.2 Å². The molecule has 5 nitrogen and oxygen atoms in total. The summed E-state index contributed by atoms with van der Waals surface area (Å²) >= 11 is 5.21. The van der Waals surface area contributed by atoms with Gasteiger partial charge in [-0.05, 0) is 49.4 Å². The molecule has 1 aliphatic heterocycles. The van der Waals surface area contributed by atoms with E-state index in [1.807, 2.05) is 0 Å². The van der Waals surface area contributed by atoms with Crippen molar-refractivity contribution in [3.8, 4) is 0 Å². The number of carbonyl (C=O) groups excluding carboxylic acids is 1. The average molecular weight is 488 g/mol. The second kappa shape index (κ2) is 9.47. The zero-order valence-corrected chi connectivity index (χ0v) is 19.6. The van der Waals surface area contributed by atoms with Crippen molar-refractivity contribution in [2.45, 2.75) is 19.4 Å². The molecule has 1 aromatic carbocycles. The fourth-order valence-corrected chi connectivity index (χ4v) is 5.11. The van der Waals surface area contributed by atoms with Crippen molar-refractivity contribution in [1.82, 2.24) is 9.80 Å². The highest BCUT2D eigenvalue weighted by molar-refractivity contribution is 9.10. The van der Waals surface area contributed by atoms with Crippen molar-refractivity contribution in [3.63, 3.8) is 0 Å². The molecule has 0 spiro atoms. The van der Waals surface area contributed by atoms with Crippen LogP contribution in [0.15, 0.2) is 57.6 Å². The van der Waals surface area contributed by atoms with Gasteiger partial charge < -0.3 is 14.6 Å². The third-order valence-electron chi connectivity index (χ3n) is 5.52. The van der Waals surface area contributed by atoms with E-state index < -0.39 is 0 Å². The molecule has 1 fully saturated rings. The maximum Gasteiger partial charge on any atom is 0.291 e. The van der Waals surface area contributed by atoms with Gasteiger partial charge in [0.2, 0.25) is 0 Å². The largest absolute Gasteiger partial charge is 0.459 e. The summed E-state index contributed by atoms with van der Waals surface area (Å²) in [6.45, 7) is 6.19. The number of anilines is 1. The standard InChI is InChI=1S/C23H26BrN3O2S/c1-3-18-15-19(23(30-18)25-22(28)20-5-4-14-29-20)21(16-6-8-17(24)9-7-16)27-12-10-26(2)11-13-27/h4-9,14-15,21H,3,10-13H2,1-2H3,(H,25,28). The van der Waals surface area contributed by atoms with E-state index in [1.165, 1.54) is 16.7 Å². The highest BCUT2D eigenvalue weighted by atomic mass is 79.9. The number of hydrogen-bond acceptors (Lipinski definition) is 5. The Balaban J connectivity index is 1.72. The van der Waals surface area contributed by atoms with Crippen LogP contribution in [-0.4, -0.2) is 48.9 Å². The Labute approximate surface area is 189 Å². The molecule has 2 aromatic heterocycles. The van der Waals surface area contributed by atoms with Crippen LogP contribution in [0.1, 0.15) is 39.5 Å². The lowest BCUT2D eigenvalue weighted by molar-refractivity contribution is 0.0996. The third kappa shape index (κ3) is 4.70. The van der Waals surface area contributed by atoms with Crippen LogP contribution >= 0.6 is 27.3 Å². The van der Waals surface area contributed by atoms with Gasteiger partial charge in [0.1, 0.15) is 5.00 Å². The minimum absolute atomic E-state index is 0.0928. The van der Waals surface area contributed by atoms with Gasteiger partial charge in [-0.2, -0.15) is 0 Å². The summed E-state index contributed by atoms with van der Waals surface area (Å²) in [5, 5.41) is 4.02. The molecule has 0 radical (unpaired) electrons. The number of carbonyl (C=O) groups is 1. The Morgan fingerprint density at radius 1 is 1.20 bits per heavy atom. The second-order valence-electron chi connectivity index (χ2n) is 7.58. The normalized spacial score (nSPS) is 16.5. The van der Waals surface area contributed by atoms with Gasteiger partial charge in [0, 0.05) is 41.1 Å². The molecule has 1 unspecified atom stereocenters. The monoisotopic (exact) mass is 487 g/mol. The number of nitrogens with one attached hydrogen (secondary N) is 1. The highest BCUT2D eigenvalue weighted by Crippen LogP contribution is 2.40. The Morgan fingerprint density at radius 3 is 2.57 bits per heavy atom. The summed E-state index contributed by atoms with van der Waals surface area (Å²) in [7, 11) is 2.17. The van der Waals surface area contributed by atoms with Crippen molar-refractivity contribution in [3.05, 3.63) is 75.0 Å². The Morgan fingerprint density at radius 2 is 1.93 bits per heavy atom. The fraction of sp³-hybridized carbons (Fsp3) is 0.348. The van der Waals surface area contributed by atoms with E-state index in [2.05, 4.69) is 75.3 Å². The fourth-order valence-electron chi connectivity index (χ4n) is 3.82. The predicted octanol–water partition coefficient (Wildman–Crippen LogP) is 5.26. The minimum atomic E-state index is -0.210. The predicted molar refractivity (Wildman–Crippen MR) is 125 cm³/mol. The van der Waals surface area contributed by atoms with Gasteiger partial charge in [0.05, 0.1) is 12.3 Å². The summed E-state index contributed by atoms with van der Waals surface area (Å²) in [5.41, 5.74) is 2.39. The quantitative estimate of drug-likeness (QED) is 0.515. The zero-order chi connectivity index (χ0) is 21.1. The van der Waals surface area contributed by atoms with Gasteiger partial charge in [-0.15, -0.1) is 11.3 Å². The number of rotatable bonds is 6. The van der Waals surface area contributed by atoms with Gasteiger partial charge in [-0.25, -0.2) is 0 Å². The lowest BCUT2D eigenvalue weighted by atomic mass is 9.97. The first-order valence-corrected chi connectivity index (χ1v) is 11.8. The van der Waals surface area contributed by atoms with Crippen LogP contribution in [0.4, 0.5) is 5.00 Å². The summed E-state index contributed by atoms with van der Waals surface area (Å²) in [6.07, 6.45) is 2.46. The zero-order valence-electron chi connectivity index (χ0n) is 17.2. The Kier molecular flexibility index (Phi) is 6.73. The molecule has 1 N–H and O–H groups in total. The number of benzene rings is 1. The van der Waals surface area contributed by atoms with Gasteiger partial charge in [0.15, 0.2) is 5.76 Å². The summed E-state index contributed by atoms with van der Waals surface area (Å²) < 4.78 is 6.36. The molecular formula is C23H26BrN3O2S. The van der Waals surface area contributed by atoms with Crippen molar-refractivity contribution in [2.75, 3.05) is 38.5 Å². The molecule has 1 saturated heterocycles. The van der Waals surface area contributed by atoms with Crippen LogP contribution in [0.3, 0.4) is 0 Å². The van der Waals surface area contributed by atoms with Gasteiger partial charge >= 0.3 is 0 Å². The first-order valence-electron chi connectivity index (χ1n) is 10.2. The van der Waals surface area contributed by atoms with Crippen LogP contribution < -0.4 is 5.32 Å². The van der Waals surface area contributed by atoms with E-state index in [-0.39, 0.29) is 11.9 Å². The van der Waals surface area contributed by atoms with Crippen molar-refractivity contribution in [2.24, 2.45) is 0 Å². The molecule has 7 heteroatoms. The van der Waals surface area contributed by atoms with Gasteiger partial charge in [-0.3, -0.25) is 9.69 Å². The molecule has 1 aliphatic rings. The lowest BCUT2D eigenvalue weighted by Gasteiger charge is -2.38. The number of aryl methyl sites for hydroxylation is 1. The van der Waals surface area contributed by atoms with Crippen LogP contribution in [0.25, 0.3) is 0 Å². The third-order valence-corrected chi connectivity index (χ3v) is 7.25. The van der Waals surface area contributed by atoms with E-state index in [4.69, 9.17) is 4.42 Å². The van der Waals surface area contributed by atoms with Crippen LogP contribution in [0.5, 0.6) is 0 Å². The van der Waals surface area contributed by atoms with Gasteiger partial charge in [0.25, 0.3) is 5.91 Å². The van der Waals surface area contributed by atoms with Crippen LogP contribution in [0, 0.1) is 0 Å². The SMILES string of the molecule is CCc1cc(C(c2ccc(Br)cc2)N2CCN(C)CC2)c(NC(=O)c2ccco2)s1. The number of likely N-dealkylation sites (N-methyl/N-ethyl adjacent to an activating group) is 1. The van der Waals surface area contributed by atoms with E-state index in [1.54, 1.807) is 23.5 Å². The summed E-state index contributed by atoms with van der Waals surface area (Å²) in [5.74, 6) is 0.117. The molecule has 0 bridgehead atoms. The molecule has 30 heavy (non-hydrogen) atoms. The van der Waals surface area contributed by atoms with Crippen molar-refractivity contribution < 1.29 is 9.21 Å². The topological polar surface area (TPSA) is 48.7 Å². The van der Waals surface area contributed by atoms with Crippen molar-refractivity contribution in [1.29, 1.82) is 0 Å². The number of amides is 1. The molecule has 0 saturated carbocycles. The molecule has 1 amide bonds. The molecule has 3 aromatic rings. The lowest BCUT2D eigenvalue weighted by Crippen LogP contribution is -2.46. The average Bonchev–Trinajstić information content (AvgIpc) is 3.42. The maximum atomic E-state index is 12.7. The number of halogens is 1. The number of piperazine rings is 1. The molecule has 4 rings (SSSR count).